The van der Waals surface area contributed by atoms with Crippen molar-refractivity contribution in [1.29, 1.82) is 0 Å². The number of aromatic nitrogens is 4. The summed E-state index contributed by atoms with van der Waals surface area (Å²) < 4.78 is 3.94. The van der Waals surface area contributed by atoms with Gasteiger partial charge in [0.15, 0.2) is 5.16 Å². The number of hydrogen-bond acceptors (Lipinski definition) is 4. The second kappa shape index (κ2) is 8.23. The Morgan fingerprint density at radius 1 is 1.23 bits per heavy atom. The Balaban J connectivity index is 1.49. The SMILES string of the molecule is Cc1cc(C)n(Cc2ccc(C(=O)NCCSc3nccn3C)cc2)n1. The molecule has 0 unspecified atom stereocenters. The van der Waals surface area contributed by atoms with E-state index in [2.05, 4.69) is 21.5 Å². The van der Waals surface area contributed by atoms with Gasteiger partial charge in [-0.2, -0.15) is 5.10 Å². The van der Waals surface area contributed by atoms with Gasteiger partial charge in [0.2, 0.25) is 0 Å². The summed E-state index contributed by atoms with van der Waals surface area (Å²) in [6.45, 7) is 5.35. The summed E-state index contributed by atoms with van der Waals surface area (Å²) in [5, 5.41) is 8.37. The van der Waals surface area contributed by atoms with Crippen molar-refractivity contribution in [2.24, 2.45) is 7.05 Å². The molecule has 0 aliphatic rings. The zero-order valence-electron chi connectivity index (χ0n) is 15.3. The smallest absolute Gasteiger partial charge is 0.251 e. The molecule has 0 bridgehead atoms. The van der Waals surface area contributed by atoms with Gasteiger partial charge in [-0.1, -0.05) is 23.9 Å². The molecule has 1 N–H and O–H groups in total. The Labute approximate surface area is 157 Å². The highest BCUT2D eigenvalue weighted by Crippen LogP contribution is 2.13. The van der Waals surface area contributed by atoms with Crippen molar-refractivity contribution in [3.05, 3.63) is 65.2 Å². The zero-order valence-corrected chi connectivity index (χ0v) is 16.1. The third-order valence-electron chi connectivity index (χ3n) is 4.05. The van der Waals surface area contributed by atoms with Gasteiger partial charge in [0.1, 0.15) is 0 Å². The molecule has 2 aromatic heterocycles. The molecular formula is C19H23N5OS. The largest absolute Gasteiger partial charge is 0.351 e. The highest BCUT2D eigenvalue weighted by Gasteiger charge is 2.07. The quantitative estimate of drug-likeness (QED) is 0.514. The number of carbonyl (C=O) groups excluding carboxylic acids is 1. The normalized spacial score (nSPS) is 10.9. The van der Waals surface area contributed by atoms with Crippen LogP contribution in [0.3, 0.4) is 0 Å². The lowest BCUT2D eigenvalue weighted by molar-refractivity contribution is 0.0956. The van der Waals surface area contributed by atoms with Crippen LogP contribution in [-0.4, -0.2) is 37.5 Å². The number of thioether (sulfide) groups is 1. The molecule has 0 radical (unpaired) electrons. The van der Waals surface area contributed by atoms with Gasteiger partial charge in [0, 0.05) is 43.0 Å². The van der Waals surface area contributed by atoms with Gasteiger partial charge < -0.3 is 9.88 Å². The lowest BCUT2D eigenvalue weighted by Crippen LogP contribution is -2.25. The average molecular weight is 369 g/mol. The van der Waals surface area contributed by atoms with E-state index in [-0.39, 0.29) is 5.91 Å². The van der Waals surface area contributed by atoms with Gasteiger partial charge in [0.25, 0.3) is 5.91 Å². The first kappa shape index (κ1) is 18.3. The van der Waals surface area contributed by atoms with E-state index in [0.29, 0.717) is 18.7 Å². The molecule has 7 heteroatoms. The van der Waals surface area contributed by atoms with Crippen LogP contribution in [0.5, 0.6) is 0 Å². The number of amides is 1. The summed E-state index contributed by atoms with van der Waals surface area (Å²) in [6, 6.07) is 9.75. The van der Waals surface area contributed by atoms with E-state index in [4.69, 9.17) is 0 Å². The molecule has 0 spiro atoms. The number of aryl methyl sites for hydroxylation is 3. The van der Waals surface area contributed by atoms with Crippen molar-refractivity contribution in [3.8, 4) is 0 Å². The Hall–Kier alpha value is -2.54. The van der Waals surface area contributed by atoms with E-state index < -0.39 is 0 Å². The molecule has 3 rings (SSSR count). The standard InChI is InChI=1S/C19H23N5OS/c1-14-12-15(2)24(22-14)13-16-4-6-17(7-5-16)18(25)20-9-11-26-19-21-8-10-23(19)3/h4-8,10,12H,9,11,13H2,1-3H3,(H,20,25). The highest BCUT2D eigenvalue weighted by molar-refractivity contribution is 7.99. The van der Waals surface area contributed by atoms with Crippen molar-refractivity contribution >= 4 is 17.7 Å². The minimum atomic E-state index is -0.0527. The summed E-state index contributed by atoms with van der Waals surface area (Å²) in [6.07, 6.45) is 3.68. The van der Waals surface area contributed by atoms with Crippen LogP contribution in [0.25, 0.3) is 0 Å². The van der Waals surface area contributed by atoms with Crippen molar-refractivity contribution < 1.29 is 4.79 Å². The fourth-order valence-electron chi connectivity index (χ4n) is 2.67. The molecule has 3 aromatic rings. The fraction of sp³-hybridized carbons (Fsp3) is 0.316. The van der Waals surface area contributed by atoms with Crippen LogP contribution in [0.2, 0.25) is 0 Å². The molecule has 26 heavy (non-hydrogen) atoms. The second-order valence-corrected chi connectivity index (χ2v) is 7.27. The maximum Gasteiger partial charge on any atom is 0.251 e. The zero-order chi connectivity index (χ0) is 18.5. The molecule has 0 aliphatic heterocycles. The highest BCUT2D eigenvalue weighted by atomic mass is 32.2. The number of benzene rings is 1. The molecule has 0 saturated carbocycles. The van der Waals surface area contributed by atoms with Crippen molar-refractivity contribution in [1.82, 2.24) is 24.6 Å². The second-order valence-electron chi connectivity index (χ2n) is 6.21. The van der Waals surface area contributed by atoms with E-state index in [1.54, 1.807) is 18.0 Å². The van der Waals surface area contributed by atoms with E-state index in [0.717, 1.165) is 27.9 Å². The third kappa shape index (κ3) is 4.54. The van der Waals surface area contributed by atoms with Gasteiger partial charge in [-0.3, -0.25) is 9.48 Å². The minimum Gasteiger partial charge on any atom is -0.351 e. The molecule has 1 aromatic carbocycles. The van der Waals surface area contributed by atoms with Crippen molar-refractivity contribution in [2.45, 2.75) is 25.5 Å². The molecule has 136 valence electrons. The first-order valence-corrected chi connectivity index (χ1v) is 9.50. The Kier molecular flexibility index (Phi) is 5.78. The van der Waals surface area contributed by atoms with Gasteiger partial charge in [-0.25, -0.2) is 4.98 Å². The molecular weight excluding hydrogens is 346 g/mol. The van der Waals surface area contributed by atoms with Gasteiger partial charge in [-0.15, -0.1) is 0 Å². The average Bonchev–Trinajstić information content (AvgIpc) is 3.17. The topological polar surface area (TPSA) is 64.7 Å². The lowest BCUT2D eigenvalue weighted by atomic mass is 10.1. The number of nitrogens with one attached hydrogen (secondary N) is 1. The monoisotopic (exact) mass is 369 g/mol. The van der Waals surface area contributed by atoms with Gasteiger partial charge in [0.05, 0.1) is 12.2 Å². The summed E-state index contributed by atoms with van der Waals surface area (Å²) in [5.41, 5.74) is 3.94. The third-order valence-corrected chi connectivity index (χ3v) is 5.11. The van der Waals surface area contributed by atoms with E-state index in [1.807, 2.05) is 60.6 Å². The summed E-state index contributed by atoms with van der Waals surface area (Å²) in [7, 11) is 1.96. The van der Waals surface area contributed by atoms with Crippen LogP contribution in [0.15, 0.2) is 47.9 Å². The lowest BCUT2D eigenvalue weighted by Gasteiger charge is -2.07. The first-order chi connectivity index (χ1) is 12.5. The fourth-order valence-corrected chi connectivity index (χ4v) is 3.46. The van der Waals surface area contributed by atoms with Gasteiger partial charge in [-0.05, 0) is 37.6 Å². The molecule has 6 nitrogen and oxygen atoms in total. The number of hydrogen-bond donors (Lipinski definition) is 1. The number of nitrogens with zero attached hydrogens (tertiary/aromatic N) is 4. The summed E-state index contributed by atoms with van der Waals surface area (Å²) in [4.78, 5) is 16.5. The van der Waals surface area contributed by atoms with Crippen LogP contribution in [0.1, 0.15) is 27.3 Å². The molecule has 1 amide bonds. The summed E-state index contributed by atoms with van der Waals surface area (Å²) >= 11 is 1.63. The maximum atomic E-state index is 12.2. The maximum absolute atomic E-state index is 12.2. The number of rotatable bonds is 7. The molecule has 2 heterocycles. The Morgan fingerprint density at radius 3 is 2.62 bits per heavy atom. The van der Waals surface area contributed by atoms with Crippen molar-refractivity contribution in [3.63, 3.8) is 0 Å². The van der Waals surface area contributed by atoms with E-state index in [9.17, 15) is 4.79 Å². The minimum absolute atomic E-state index is 0.0527. The first-order valence-electron chi connectivity index (χ1n) is 8.51. The van der Waals surface area contributed by atoms with Crippen LogP contribution in [0, 0.1) is 13.8 Å². The molecule has 0 atom stereocenters. The number of carbonyl (C=O) groups is 1. The van der Waals surface area contributed by atoms with Crippen LogP contribution in [0.4, 0.5) is 0 Å². The number of imidazole rings is 1. The predicted octanol–water partition coefficient (Wildman–Crippen LogP) is 2.80. The van der Waals surface area contributed by atoms with E-state index in [1.165, 1.54) is 0 Å². The van der Waals surface area contributed by atoms with E-state index >= 15 is 0 Å². The molecule has 0 saturated heterocycles. The van der Waals surface area contributed by atoms with Crippen LogP contribution >= 0.6 is 11.8 Å². The Bertz CT molecular complexity index is 882. The van der Waals surface area contributed by atoms with Crippen molar-refractivity contribution in [2.75, 3.05) is 12.3 Å². The predicted molar refractivity (Wildman–Crippen MR) is 104 cm³/mol. The van der Waals surface area contributed by atoms with Crippen LogP contribution < -0.4 is 5.32 Å². The van der Waals surface area contributed by atoms with Gasteiger partial charge >= 0.3 is 0 Å². The summed E-state index contributed by atoms with van der Waals surface area (Å²) in [5.74, 6) is 0.732. The molecule has 0 fully saturated rings. The Morgan fingerprint density at radius 2 is 2.00 bits per heavy atom. The molecule has 0 aliphatic carbocycles. The van der Waals surface area contributed by atoms with Crippen LogP contribution in [-0.2, 0) is 13.6 Å².